The molecule has 1 aromatic carbocycles. The van der Waals surface area contributed by atoms with E-state index in [9.17, 15) is 4.39 Å². The van der Waals surface area contributed by atoms with E-state index in [1.807, 2.05) is 14.1 Å². The van der Waals surface area contributed by atoms with E-state index >= 15 is 0 Å². The quantitative estimate of drug-likeness (QED) is 0.410. The van der Waals surface area contributed by atoms with E-state index in [2.05, 4.69) is 31.7 Å². The van der Waals surface area contributed by atoms with Crippen LogP contribution in [0.2, 0.25) is 0 Å². The molecule has 0 amide bonds. The van der Waals surface area contributed by atoms with Crippen molar-refractivity contribution in [2.24, 2.45) is 0 Å². The molecule has 2 N–H and O–H groups in total. The van der Waals surface area contributed by atoms with Gasteiger partial charge in [0.15, 0.2) is 5.82 Å². The summed E-state index contributed by atoms with van der Waals surface area (Å²) in [6.07, 6.45) is 2.03. The first-order chi connectivity index (χ1) is 15.5. The van der Waals surface area contributed by atoms with Crippen molar-refractivity contribution in [3.63, 3.8) is 0 Å². The molecule has 0 saturated carbocycles. The number of nitrogens with zero attached hydrogens (tertiary/aromatic N) is 4. The van der Waals surface area contributed by atoms with E-state index in [4.69, 9.17) is 14.5 Å². The van der Waals surface area contributed by atoms with Crippen LogP contribution < -0.4 is 5.32 Å². The molecule has 4 rings (SSSR count). The van der Waals surface area contributed by atoms with Gasteiger partial charge in [-0.3, -0.25) is 0 Å². The van der Waals surface area contributed by atoms with Gasteiger partial charge in [-0.2, -0.15) is 0 Å². The van der Waals surface area contributed by atoms with E-state index in [1.165, 1.54) is 12.1 Å². The molecule has 1 aliphatic heterocycles. The second-order valence-corrected chi connectivity index (χ2v) is 7.91. The Morgan fingerprint density at radius 3 is 2.62 bits per heavy atom. The van der Waals surface area contributed by atoms with Gasteiger partial charge in [0.1, 0.15) is 5.82 Å². The summed E-state index contributed by atoms with van der Waals surface area (Å²) in [5.74, 6) is 0.740. The first-order valence-electron chi connectivity index (χ1n) is 10.5. The Bertz CT molecular complexity index is 1060. The summed E-state index contributed by atoms with van der Waals surface area (Å²) in [5, 5.41) is 3.26. The lowest BCUT2D eigenvalue weighted by Gasteiger charge is -2.22. The van der Waals surface area contributed by atoms with Crippen LogP contribution in [0.15, 0.2) is 48.7 Å². The maximum absolute atomic E-state index is 13.5. The summed E-state index contributed by atoms with van der Waals surface area (Å²) in [5.41, 5.74) is 3.60. The number of nitrogens with one attached hydrogen (secondary N) is 2. The molecule has 0 bridgehead atoms. The van der Waals surface area contributed by atoms with E-state index < -0.39 is 6.29 Å². The fourth-order valence-corrected chi connectivity index (χ4v) is 3.32. The molecule has 1 aliphatic rings. The van der Waals surface area contributed by atoms with E-state index in [0.29, 0.717) is 42.1 Å². The second kappa shape index (κ2) is 9.99. The lowest BCUT2D eigenvalue weighted by Crippen LogP contribution is -2.20. The average Bonchev–Trinajstić information content (AvgIpc) is 3.23. The van der Waals surface area contributed by atoms with Crippen molar-refractivity contribution < 1.29 is 13.9 Å². The first kappa shape index (κ1) is 22.1. The van der Waals surface area contributed by atoms with E-state index in [1.54, 1.807) is 24.4 Å². The zero-order valence-corrected chi connectivity index (χ0v) is 18.3. The Balaban J connectivity index is 1.63. The summed E-state index contributed by atoms with van der Waals surface area (Å²) >= 11 is 0. The number of hydrogen-bond donors (Lipinski definition) is 2. The van der Waals surface area contributed by atoms with Gasteiger partial charge in [0.2, 0.25) is 12.2 Å². The minimum Gasteiger partial charge on any atom is -0.354 e. The van der Waals surface area contributed by atoms with Crippen molar-refractivity contribution in [1.29, 1.82) is 0 Å². The molecule has 1 saturated heterocycles. The highest BCUT2D eigenvalue weighted by atomic mass is 19.1. The van der Waals surface area contributed by atoms with Gasteiger partial charge in [-0.15, -0.1) is 0 Å². The monoisotopic (exact) mass is 438 g/mol. The molecule has 9 heteroatoms. The van der Waals surface area contributed by atoms with Gasteiger partial charge >= 0.3 is 0 Å². The summed E-state index contributed by atoms with van der Waals surface area (Å²) in [6.45, 7) is 6.41. The van der Waals surface area contributed by atoms with Crippen LogP contribution in [0.25, 0.3) is 22.6 Å². The molecule has 0 atom stereocenters. The number of aromatic amines is 1. The maximum atomic E-state index is 13.5. The van der Waals surface area contributed by atoms with Crippen LogP contribution in [0, 0.1) is 5.82 Å². The number of benzene rings is 1. The molecular weight excluding hydrogens is 411 g/mol. The van der Waals surface area contributed by atoms with Crippen LogP contribution in [0.1, 0.15) is 18.5 Å². The minimum absolute atomic E-state index is 0.310. The van der Waals surface area contributed by atoms with Crippen LogP contribution in [0.5, 0.6) is 0 Å². The molecule has 0 aliphatic carbocycles. The number of hydrogen-bond acceptors (Lipinski definition) is 7. The fourth-order valence-electron chi connectivity index (χ4n) is 3.32. The molecule has 0 spiro atoms. The van der Waals surface area contributed by atoms with Crippen LogP contribution in [-0.4, -0.2) is 65.2 Å². The van der Waals surface area contributed by atoms with Gasteiger partial charge in [-0.25, -0.2) is 19.3 Å². The van der Waals surface area contributed by atoms with Crippen LogP contribution in [0.3, 0.4) is 0 Å². The number of aromatic nitrogens is 4. The number of ether oxygens (including phenoxy) is 2. The molecule has 0 unspecified atom stereocenters. The van der Waals surface area contributed by atoms with Crippen molar-refractivity contribution in [2.75, 3.05) is 45.7 Å². The summed E-state index contributed by atoms with van der Waals surface area (Å²) < 4.78 is 24.9. The molecular formula is C23H27FN6O2. The predicted octanol–water partition coefficient (Wildman–Crippen LogP) is 3.64. The second-order valence-electron chi connectivity index (χ2n) is 7.91. The number of H-pyrrole nitrogens is 1. The summed E-state index contributed by atoms with van der Waals surface area (Å²) in [7, 11) is 4.08. The van der Waals surface area contributed by atoms with Gasteiger partial charge < -0.3 is 24.7 Å². The number of anilines is 1. The van der Waals surface area contributed by atoms with Gasteiger partial charge in [0, 0.05) is 18.3 Å². The van der Waals surface area contributed by atoms with Crippen LogP contribution in [-0.2, 0) is 9.47 Å². The topological polar surface area (TPSA) is 88.2 Å². The minimum atomic E-state index is -0.640. The highest BCUT2D eigenvalue weighted by molar-refractivity contribution is 5.77. The first-order valence-corrected chi connectivity index (χ1v) is 10.5. The molecule has 2 aromatic heterocycles. The molecule has 1 fully saturated rings. The Hall–Kier alpha value is -3.14. The molecule has 8 nitrogen and oxygen atoms in total. The maximum Gasteiger partial charge on any atom is 0.223 e. The van der Waals surface area contributed by atoms with Crippen molar-refractivity contribution in [2.45, 2.75) is 12.7 Å². The third-order valence-electron chi connectivity index (χ3n) is 4.92. The largest absolute Gasteiger partial charge is 0.354 e. The normalized spacial score (nSPS) is 14.8. The number of halogens is 1. The van der Waals surface area contributed by atoms with Gasteiger partial charge in [-0.05, 0) is 63.0 Å². The van der Waals surface area contributed by atoms with Crippen molar-refractivity contribution >= 4 is 5.95 Å². The fraction of sp³-hybridized carbons (Fsp3) is 0.348. The van der Waals surface area contributed by atoms with Crippen LogP contribution >= 0.6 is 0 Å². The molecule has 168 valence electrons. The molecule has 3 aromatic rings. The lowest BCUT2D eigenvalue weighted by atomic mass is 10.1. The Labute approximate surface area is 186 Å². The van der Waals surface area contributed by atoms with E-state index in [-0.39, 0.29) is 5.82 Å². The Morgan fingerprint density at radius 2 is 1.91 bits per heavy atom. The number of rotatable bonds is 8. The van der Waals surface area contributed by atoms with Gasteiger partial charge in [-0.1, -0.05) is 6.58 Å². The Morgan fingerprint density at radius 1 is 1.16 bits per heavy atom. The van der Waals surface area contributed by atoms with Crippen molar-refractivity contribution in [1.82, 2.24) is 24.8 Å². The predicted molar refractivity (Wildman–Crippen MR) is 120 cm³/mol. The lowest BCUT2D eigenvalue weighted by molar-refractivity contribution is -0.165. The summed E-state index contributed by atoms with van der Waals surface area (Å²) in [6, 6.07) is 7.99. The van der Waals surface area contributed by atoms with Crippen molar-refractivity contribution in [3.8, 4) is 22.6 Å². The standard InChI is InChI=1S/C23H27FN6O2/c1-15-13-31-22(32-14-15)21-28-19(16-5-7-17(24)8-6-16)20(29-21)18-9-11-26-23(27-18)25-10-4-12-30(2)3/h5-9,11,22H,1,4,10,12-14H2,2-3H3,(H,28,29)(H,25,26,27). The highest BCUT2D eigenvalue weighted by Crippen LogP contribution is 2.33. The third kappa shape index (κ3) is 5.37. The zero-order valence-electron chi connectivity index (χ0n) is 18.3. The Kier molecular flexibility index (Phi) is 6.89. The van der Waals surface area contributed by atoms with Crippen LogP contribution in [0.4, 0.5) is 10.3 Å². The smallest absolute Gasteiger partial charge is 0.223 e. The number of imidazole rings is 1. The average molecular weight is 439 g/mol. The molecule has 32 heavy (non-hydrogen) atoms. The van der Waals surface area contributed by atoms with Gasteiger partial charge in [0.05, 0.1) is 30.3 Å². The zero-order chi connectivity index (χ0) is 22.5. The van der Waals surface area contributed by atoms with Crippen molar-refractivity contribution in [3.05, 3.63) is 60.3 Å². The van der Waals surface area contributed by atoms with Gasteiger partial charge in [0.25, 0.3) is 0 Å². The third-order valence-corrected chi connectivity index (χ3v) is 4.92. The molecule has 0 radical (unpaired) electrons. The van der Waals surface area contributed by atoms with E-state index in [0.717, 1.165) is 30.6 Å². The SMILES string of the molecule is C=C1COC(c2nc(-c3ccc(F)cc3)c(-c3ccnc(NCCCN(C)C)n3)[nH]2)OC1. The summed E-state index contributed by atoms with van der Waals surface area (Å²) in [4.78, 5) is 19.1. The molecule has 3 heterocycles. The highest BCUT2D eigenvalue weighted by Gasteiger charge is 2.25.